The van der Waals surface area contributed by atoms with Crippen molar-refractivity contribution in [3.8, 4) is 11.5 Å². The van der Waals surface area contributed by atoms with Crippen LogP contribution in [-0.4, -0.2) is 32.6 Å². The number of fused-ring (bicyclic) bond motifs is 1. The zero-order valence-electron chi connectivity index (χ0n) is 18.5. The van der Waals surface area contributed by atoms with E-state index in [9.17, 15) is 4.79 Å². The normalized spacial score (nSPS) is 17.3. The third-order valence-corrected chi connectivity index (χ3v) is 6.43. The number of hydrogen-bond acceptors (Lipinski definition) is 7. The summed E-state index contributed by atoms with van der Waals surface area (Å²) in [5.74, 6) is 1.87. The highest BCUT2D eigenvalue weighted by molar-refractivity contribution is 9.10. The largest absolute Gasteiger partial charge is 0.490 e. The third kappa shape index (κ3) is 4.13. The standard InChI is InChI=1S/C24H24BrN5O3/c1-3-32-20-12-16(11-17(25)23(20)33-13-15-7-4-6-14(2)10-15)22-21-18(8-5-9-19(21)31)26-24-27-28-29-30(22)24/h4,6-7,10-12,22H,3,5,8-9,13H2,1-2H3,(H,26,27,29). The average Bonchev–Trinajstić information content (AvgIpc) is 3.25. The summed E-state index contributed by atoms with van der Waals surface area (Å²) in [5, 5.41) is 15.3. The summed E-state index contributed by atoms with van der Waals surface area (Å²) >= 11 is 3.67. The van der Waals surface area contributed by atoms with Gasteiger partial charge in [0, 0.05) is 17.7 Å². The van der Waals surface area contributed by atoms with Crippen LogP contribution < -0.4 is 14.8 Å². The lowest BCUT2D eigenvalue weighted by Gasteiger charge is -2.32. The molecule has 2 aromatic carbocycles. The summed E-state index contributed by atoms with van der Waals surface area (Å²) < 4.78 is 14.5. The second-order valence-corrected chi connectivity index (χ2v) is 9.04. The van der Waals surface area contributed by atoms with Gasteiger partial charge in [0.05, 0.1) is 11.1 Å². The quantitative estimate of drug-likeness (QED) is 0.512. The first-order valence-corrected chi connectivity index (χ1v) is 11.8. The number of carbonyl (C=O) groups excluding carboxylic acids is 1. The lowest BCUT2D eigenvalue weighted by Crippen LogP contribution is -2.31. The fourth-order valence-corrected chi connectivity index (χ4v) is 5.01. The Labute approximate surface area is 200 Å². The van der Waals surface area contributed by atoms with E-state index in [-0.39, 0.29) is 5.78 Å². The van der Waals surface area contributed by atoms with Crippen molar-refractivity contribution in [3.05, 3.63) is 68.8 Å². The molecule has 0 radical (unpaired) electrons. The number of benzene rings is 2. The first-order chi connectivity index (χ1) is 16.0. The predicted molar refractivity (Wildman–Crippen MR) is 126 cm³/mol. The molecule has 1 aliphatic heterocycles. The fourth-order valence-electron chi connectivity index (χ4n) is 4.43. The van der Waals surface area contributed by atoms with Crippen molar-refractivity contribution in [1.29, 1.82) is 0 Å². The Bertz CT molecular complexity index is 1250. The molecule has 33 heavy (non-hydrogen) atoms. The highest BCUT2D eigenvalue weighted by Crippen LogP contribution is 2.44. The number of aryl methyl sites for hydroxylation is 1. The van der Waals surface area contributed by atoms with E-state index in [0.29, 0.717) is 42.7 Å². The summed E-state index contributed by atoms with van der Waals surface area (Å²) in [4.78, 5) is 12.9. The van der Waals surface area contributed by atoms with Gasteiger partial charge < -0.3 is 14.8 Å². The molecular formula is C24H24BrN5O3. The molecule has 9 heteroatoms. The molecule has 0 fully saturated rings. The summed E-state index contributed by atoms with van der Waals surface area (Å²) in [6.45, 7) is 4.88. The molecule has 0 amide bonds. The second-order valence-electron chi connectivity index (χ2n) is 8.18. The monoisotopic (exact) mass is 509 g/mol. The number of hydrogen-bond donors (Lipinski definition) is 1. The molecule has 0 spiro atoms. The van der Waals surface area contributed by atoms with Crippen LogP contribution in [0.5, 0.6) is 11.5 Å². The van der Waals surface area contributed by atoms with Gasteiger partial charge in [0.1, 0.15) is 12.6 Å². The summed E-state index contributed by atoms with van der Waals surface area (Å²) in [5.41, 5.74) is 4.72. The molecule has 8 nitrogen and oxygen atoms in total. The lowest BCUT2D eigenvalue weighted by molar-refractivity contribution is -0.116. The van der Waals surface area contributed by atoms with E-state index in [4.69, 9.17) is 9.47 Å². The topological polar surface area (TPSA) is 91.2 Å². The lowest BCUT2D eigenvalue weighted by atomic mass is 9.85. The molecule has 5 rings (SSSR count). The second kappa shape index (κ2) is 8.97. The average molecular weight is 510 g/mol. The van der Waals surface area contributed by atoms with Crippen LogP contribution in [0.25, 0.3) is 0 Å². The van der Waals surface area contributed by atoms with Crippen LogP contribution in [0.1, 0.15) is 48.9 Å². The van der Waals surface area contributed by atoms with Gasteiger partial charge in [-0.2, -0.15) is 4.68 Å². The van der Waals surface area contributed by atoms with Gasteiger partial charge in [-0.1, -0.05) is 34.9 Å². The first-order valence-electron chi connectivity index (χ1n) is 11.0. The number of carbonyl (C=O) groups is 1. The molecule has 1 unspecified atom stereocenters. The van der Waals surface area contributed by atoms with E-state index in [1.54, 1.807) is 4.68 Å². The number of aromatic nitrogens is 4. The van der Waals surface area contributed by atoms with Crippen LogP contribution in [0.4, 0.5) is 5.95 Å². The maximum absolute atomic E-state index is 12.9. The Balaban J connectivity index is 1.55. The maximum Gasteiger partial charge on any atom is 0.248 e. The van der Waals surface area contributed by atoms with Gasteiger partial charge >= 0.3 is 0 Å². The third-order valence-electron chi connectivity index (χ3n) is 5.84. The number of rotatable bonds is 6. The van der Waals surface area contributed by atoms with Gasteiger partial charge in [0.2, 0.25) is 5.95 Å². The molecular weight excluding hydrogens is 486 g/mol. The molecule has 1 aromatic heterocycles. The summed E-state index contributed by atoms with van der Waals surface area (Å²) in [6.07, 6.45) is 2.13. The van der Waals surface area contributed by atoms with Gasteiger partial charge in [-0.3, -0.25) is 4.79 Å². The predicted octanol–water partition coefficient (Wildman–Crippen LogP) is 4.74. The van der Waals surface area contributed by atoms with Crippen LogP contribution in [0.15, 0.2) is 52.1 Å². The van der Waals surface area contributed by atoms with Crippen molar-refractivity contribution < 1.29 is 14.3 Å². The Morgan fingerprint density at radius 1 is 1.21 bits per heavy atom. The fraction of sp³-hybridized carbons (Fsp3) is 0.333. The molecule has 0 saturated heterocycles. The Kier molecular flexibility index (Phi) is 5.88. The van der Waals surface area contributed by atoms with E-state index in [0.717, 1.165) is 34.1 Å². The number of anilines is 1. The van der Waals surface area contributed by atoms with Crippen molar-refractivity contribution in [2.45, 2.75) is 45.8 Å². The number of nitrogens with one attached hydrogen (secondary N) is 1. The number of ether oxygens (including phenoxy) is 2. The van der Waals surface area contributed by atoms with Crippen molar-refractivity contribution in [2.75, 3.05) is 11.9 Å². The molecule has 0 saturated carbocycles. The van der Waals surface area contributed by atoms with Gasteiger partial charge in [-0.25, -0.2) is 0 Å². The molecule has 3 aromatic rings. The number of halogens is 1. The van der Waals surface area contributed by atoms with E-state index in [1.807, 2.05) is 31.2 Å². The summed E-state index contributed by atoms with van der Waals surface area (Å²) in [7, 11) is 0. The summed E-state index contributed by atoms with van der Waals surface area (Å²) in [6, 6.07) is 11.7. The zero-order chi connectivity index (χ0) is 22.9. The molecule has 1 N–H and O–H groups in total. The van der Waals surface area contributed by atoms with Crippen molar-refractivity contribution >= 4 is 27.7 Å². The highest BCUT2D eigenvalue weighted by atomic mass is 79.9. The van der Waals surface area contributed by atoms with Crippen molar-refractivity contribution in [3.63, 3.8) is 0 Å². The van der Waals surface area contributed by atoms with Crippen LogP contribution in [0.3, 0.4) is 0 Å². The minimum atomic E-state index is -0.430. The number of Topliss-reactive ketones (excluding diaryl/α,β-unsaturated/α-hetero) is 1. The van der Waals surface area contributed by atoms with Gasteiger partial charge in [0.15, 0.2) is 17.3 Å². The van der Waals surface area contributed by atoms with E-state index in [2.05, 4.69) is 55.8 Å². The Hall–Kier alpha value is -3.20. The maximum atomic E-state index is 12.9. The first kappa shape index (κ1) is 21.6. The van der Waals surface area contributed by atoms with Gasteiger partial charge in [0.25, 0.3) is 0 Å². The molecule has 2 aliphatic rings. The zero-order valence-corrected chi connectivity index (χ0v) is 20.1. The minimum Gasteiger partial charge on any atom is -0.490 e. The molecule has 170 valence electrons. The highest BCUT2D eigenvalue weighted by Gasteiger charge is 2.37. The van der Waals surface area contributed by atoms with Gasteiger partial charge in [-0.05, 0) is 76.3 Å². The Morgan fingerprint density at radius 2 is 2.09 bits per heavy atom. The molecule has 0 bridgehead atoms. The van der Waals surface area contributed by atoms with E-state index < -0.39 is 6.04 Å². The van der Waals surface area contributed by atoms with Crippen molar-refractivity contribution in [2.24, 2.45) is 0 Å². The molecule has 1 atom stereocenters. The molecule has 1 aliphatic carbocycles. The van der Waals surface area contributed by atoms with E-state index in [1.165, 1.54) is 5.56 Å². The minimum absolute atomic E-state index is 0.115. The number of nitrogens with zero attached hydrogens (tertiary/aromatic N) is 4. The number of ketones is 1. The smallest absolute Gasteiger partial charge is 0.248 e. The number of tetrazole rings is 1. The van der Waals surface area contributed by atoms with Crippen molar-refractivity contribution in [1.82, 2.24) is 20.2 Å². The van der Waals surface area contributed by atoms with Crippen LogP contribution in [0.2, 0.25) is 0 Å². The number of allylic oxidation sites excluding steroid dienone is 2. The van der Waals surface area contributed by atoms with E-state index >= 15 is 0 Å². The van der Waals surface area contributed by atoms with Crippen LogP contribution in [-0.2, 0) is 11.4 Å². The SMILES string of the molecule is CCOc1cc(C2C3=C(CCCC3=O)Nc3nnnn32)cc(Br)c1OCc1cccc(C)c1. The van der Waals surface area contributed by atoms with Crippen LogP contribution >= 0.6 is 15.9 Å². The Morgan fingerprint density at radius 3 is 2.91 bits per heavy atom. The molecule has 2 heterocycles. The van der Waals surface area contributed by atoms with Gasteiger partial charge in [-0.15, -0.1) is 0 Å². The van der Waals surface area contributed by atoms with Crippen LogP contribution in [0, 0.1) is 6.92 Å².